The molecule has 2 N–H and O–H groups in total. The molecule has 1 fully saturated rings. The summed E-state index contributed by atoms with van der Waals surface area (Å²) in [6.45, 7) is 4.05. The fourth-order valence-electron chi connectivity index (χ4n) is 2.09. The number of para-hydroxylation sites is 1. The molecule has 0 spiro atoms. The number of rotatable bonds is 6. The van der Waals surface area contributed by atoms with Crippen LogP contribution in [0.3, 0.4) is 0 Å². The predicted octanol–water partition coefficient (Wildman–Crippen LogP) is 2.28. The normalized spacial score (nSPS) is 17.5. The van der Waals surface area contributed by atoms with Crippen LogP contribution in [0.4, 0.5) is 10.5 Å². The second-order valence-electron chi connectivity index (χ2n) is 4.94. The van der Waals surface area contributed by atoms with Crippen LogP contribution in [0.15, 0.2) is 30.3 Å². The molecule has 1 aliphatic heterocycles. The highest BCUT2D eigenvalue weighted by molar-refractivity contribution is 7.80. The van der Waals surface area contributed by atoms with E-state index < -0.39 is 0 Å². The predicted molar refractivity (Wildman–Crippen MR) is 87.6 cm³/mol. The van der Waals surface area contributed by atoms with Crippen LogP contribution in [0.1, 0.15) is 19.8 Å². The second-order valence-corrected chi connectivity index (χ2v) is 5.35. The second kappa shape index (κ2) is 7.83. The van der Waals surface area contributed by atoms with Crippen molar-refractivity contribution in [2.45, 2.75) is 25.9 Å². The van der Waals surface area contributed by atoms with E-state index in [0.29, 0.717) is 18.2 Å². The Morgan fingerprint density at radius 2 is 2.14 bits per heavy atom. The van der Waals surface area contributed by atoms with Gasteiger partial charge in [-0.05, 0) is 30.8 Å². The molecule has 114 valence electrons. The molecule has 1 atom stereocenters. The van der Waals surface area contributed by atoms with E-state index in [1.165, 1.54) is 0 Å². The summed E-state index contributed by atoms with van der Waals surface area (Å²) >= 11 is 5.18. The van der Waals surface area contributed by atoms with Gasteiger partial charge in [0.05, 0.1) is 13.1 Å². The monoisotopic (exact) mass is 307 g/mol. The number of unbranched alkanes of at least 4 members (excludes halogenated alkanes) is 1. The lowest BCUT2D eigenvalue weighted by Crippen LogP contribution is -2.41. The Balaban J connectivity index is 1.77. The third-order valence-electron chi connectivity index (χ3n) is 3.25. The molecule has 0 radical (unpaired) electrons. The number of thiocarbonyl (C=S) groups is 1. The number of carbonyl (C=O) groups excluding carboxylic acids is 1. The smallest absolute Gasteiger partial charge is 0.414 e. The van der Waals surface area contributed by atoms with Crippen LogP contribution < -0.4 is 15.5 Å². The van der Waals surface area contributed by atoms with E-state index in [1.54, 1.807) is 4.90 Å². The molecular weight excluding hydrogens is 286 g/mol. The molecule has 0 saturated carbocycles. The van der Waals surface area contributed by atoms with Gasteiger partial charge in [-0.15, -0.1) is 0 Å². The Kier molecular flexibility index (Phi) is 5.80. The summed E-state index contributed by atoms with van der Waals surface area (Å²) in [5, 5.41) is 6.83. The number of ether oxygens (including phenoxy) is 1. The average molecular weight is 307 g/mol. The quantitative estimate of drug-likeness (QED) is 0.624. The number of hydrogen-bond acceptors (Lipinski definition) is 3. The molecular formula is C15H21N3O2S. The maximum atomic E-state index is 11.9. The first kappa shape index (κ1) is 15.6. The van der Waals surface area contributed by atoms with Gasteiger partial charge in [-0.1, -0.05) is 31.5 Å². The lowest BCUT2D eigenvalue weighted by atomic mass is 10.3. The number of carbonyl (C=O) groups is 1. The maximum absolute atomic E-state index is 11.9. The standard InChI is InChI=1S/C15H21N3O2S/c1-2-3-9-16-14(21)17-10-13-11-18(15(19)20-13)12-7-5-4-6-8-12/h4-8,13H,2-3,9-11H2,1H3,(H2,16,17,21)/t13-/m0/s1. The topological polar surface area (TPSA) is 53.6 Å². The van der Waals surface area contributed by atoms with Gasteiger partial charge in [-0.2, -0.15) is 0 Å². The Hall–Kier alpha value is -1.82. The summed E-state index contributed by atoms with van der Waals surface area (Å²) < 4.78 is 5.34. The molecule has 2 rings (SSSR count). The average Bonchev–Trinajstić information content (AvgIpc) is 2.87. The molecule has 1 amide bonds. The molecule has 5 nitrogen and oxygen atoms in total. The van der Waals surface area contributed by atoms with Gasteiger partial charge in [-0.25, -0.2) is 4.79 Å². The molecule has 21 heavy (non-hydrogen) atoms. The largest absolute Gasteiger partial charge is 0.442 e. The van der Waals surface area contributed by atoms with E-state index in [2.05, 4.69) is 17.6 Å². The molecule has 1 aromatic rings. The number of benzene rings is 1. The summed E-state index contributed by atoms with van der Waals surface area (Å²) in [5.74, 6) is 0. The van der Waals surface area contributed by atoms with Crippen LogP contribution in [0, 0.1) is 0 Å². The highest BCUT2D eigenvalue weighted by Crippen LogP contribution is 2.20. The van der Waals surface area contributed by atoms with Gasteiger partial charge in [0.2, 0.25) is 0 Å². The third-order valence-corrected chi connectivity index (χ3v) is 3.54. The van der Waals surface area contributed by atoms with Crippen LogP contribution >= 0.6 is 12.2 Å². The first-order chi connectivity index (χ1) is 10.2. The van der Waals surface area contributed by atoms with Crippen LogP contribution in [0.25, 0.3) is 0 Å². The summed E-state index contributed by atoms with van der Waals surface area (Å²) in [7, 11) is 0. The van der Waals surface area contributed by atoms with Crippen molar-refractivity contribution in [1.29, 1.82) is 0 Å². The zero-order valence-corrected chi connectivity index (χ0v) is 13.0. The first-order valence-electron chi connectivity index (χ1n) is 7.25. The van der Waals surface area contributed by atoms with E-state index >= 15 is 0 Å². The van der Waals surface area contributed by atoms with E-state index in [4.69, 9.17) is 17.0 Å². The van der Waals surface area contributed by atoms with Gasteiger partial charge in [0.15, 0.2) is 5.11 Å². The van der Waals surface area contributed by atoms with Crippen molar-refractivity contribution in [3.05, 3.63) is 30.3 Å². The van der Waals surface area contributed by atoms with Crippen molar-refractivity contribution in [3.8, 4) is 0 Å². The van der Waals surface area contributed by atoms with Crippen molar-refractivity contribution in [2.24, 2.45) is 0 Å². The van der Waals surface area contributed by atoms with Crippen LogP contribution in [-0.4, -0.2) is 36.9 Å². The highest BCUT2D eigenvalue weighted by atomic mass is 32.1. The number of nitrogens with one attached hydrogen (secondary N) is 2. The molecule has 0 aromatic heterocycles. The maximum Gasteiger partial charge on any atom is 0.414 e. The lowest BCUT2D eigenvalue weighted by Gasteiger charge is -2.14. The first-order valence-corrected chi connectivity index (χ1v) is 7.66. The molecule has 1 aliphatic rings. The zero-order valence-electron chi connectivity index (χ0n) is 12.2. The van der Waals surface area contributed by atoms with Crippen molar-refractivity contribution < 1.29 is 9.53 Å². The third kappa shape index (κ3) is 4.60. The van der Waals surface area contributed by atoms with Crippen LogP contribution in [0.5, 0.6) is 0 Å². The Labute approximate surface area is 130 Å². The van der Waals surface area contributed by atoms with Crippen molar-refractivity contribution in [3.63, 3.8) is 0 Å². The van der Waals surface area contributed by atoms with E-state index in [9.17, 15) is 4.79 Å². The fourth-order valence-corrected chi connectivity index (χ4v) is 2.28. The van der Waals surface area contributed by atoms with Crippen LogP contribution in [-0.2, 0) is 4.74 Å². The minimum absolute atomic E-state index is 0.191. The zero-order chi connectivity index (χ0) is 15.1. The van der Waals surface area contributed by atoms with E-state index in [1.807, 2.05) is 30.3 Å². The van der Waals surface area contributed by atoms with E-state index in [0.717, 1.165) is 25.1 Å². The Morgan fingerprint density at radius 3 is 2.86 bits per heavy atom. The molecule has 0 bridgehead atoms. The van der Waals surface area contributed by atoms with Crippen molar-refractivity contribution in [2.75, 3.05) is 24.5 Å². The molecule has 1 aromatic carbocycles. The minimum atomic E-state index is -0.308. The number of amides is 1. The van der Waals surface area contributed by atoms with Gasteiger partial charge in [0, 0.05) is 12.2 Å². The van der Waals surface area contributed by atoms with E-state index in [-0.39, 0.29) is 12.2 Å². The van der Waals surface area contributed by atoms with Gasteiger partial charge in [-0.3, -0.25) is 4.90 Å². The highest BCUT2D eigenvalue weighted by Gasteiger charge is 2.32. The number of hydrogen-bond donors (Lipinski definition) is 2. The summed E-state index contributed by atoms with van der Waals surface area (Å²) in [5.41, 5.74) is 0.855. The van der Waals surface area contributed by atoms with Gasteiger partial charge in [0.1, 0.15) is 6.10 Å². The number of nitrogens with zero attached hydrogens (tertiary/aromatic N) is 1. The van der Waals surface area contributed by atoms with Gasteiger partial charge < -0.3 is 15.4 Å². The fraction of sp³-hybridized carbons (Fsp3) is 0.467. The summed E-state index contributed by atoms with van der Waals surface area (Å²) in [6.07, 6.45) is 1.71. The SMILES string of the molecule is CCCCNC(=S)NC[C@H]1CN(c2ccccc2)C(=O)O1. The Bertz CT molecular complexity index is 481. The van der Waals surface area contributed by atoms with Gasteiger partial charge >= 0.3 is 6.09 Å². The molecule has 0 unspecified atom stereocenters. The number of anilines is 1. The molecule has 1 saturated heterocycles. The molecule has 1 heterocycles. The summed E-state index contributed by atoms with van der Waals surface area (Å²) in [6, 6.07) is 9.52. The number of cyclic esters (lactones) is 1. The van der Waals surface area contributed by atoms with Crippen LogP contribution in [0.2, 0.25) is 0 Å². The van der Waals surface area contributed by atoms with Crippen molar-refractivity contribution in [1.82, 2.24) is 10.6 Å². The lowest BCUT2D eigenvalue weighted by molar-refractivity contribution is 0.143. The Morgan fingerprint density at radius 1 is 1.38 bits per heavy atom. The molecule has 6 heteroatoms. The summed E-state index contributed by atoms with van der Waals surface area (Å²) in [4.78, 5) is 13.5. The molecule has 0 aliphatic carbocycles. The van der Waals surface area contributed by atoms with Crippen molar-refractivity contribution >= 4 is 29.1 Å². The minimum Gasteiger partial charge on any atom is -0.442 e. The van der Waals surface area contributed by atoms with Gasteiger partial charge in [0.25, 0.3) is 0 Å².